The van der Waals surface area contributed by atoms with Crippen LogP contribution in [0.15, 0.2) is 9.59 Å². The molecular weight excluding hydrogens is 212 g/mol. The molecule has 0 amide bonds. The number of hydrogen-bond acceptors (Lipinski definition) is 5. The Morgan fingerprint density at radius 2 is 1.94 bits per heavy atom. The Bertz CT molecular complexity index is 567. The molecule has 86 valence electrons. The lowest BCUT2D eigenvalue weighted by Gasteiger charge is -2.10. The molecule has 3 N–H and O–H groups in total. The van der Waals surface area contributed by atoms with E-state index in [1.165, 1.54) is 14.1 Å². The second kappa shape index (κ2) is 4.13. The second-order valence-corrected chi connectivity index (χ2v) is 3.32. The van der Waals surface area contributed by atoms with E-state index in [1.54, 1.807) is 0 Å². The average Bonchev–Trinajstić information content (AvgIpc) is 2.24. The minimum absolute atomic E-state index is 0.0973. The molecule has 0 atom stereocenters. The van der Waals surface area contributed by atoms with Gasteiger partial charge < -0.3 is 15.9 Å². The number of nitrogens with two attached hydrogens (primary N) is 1. The average molecular weight is 224 g/mol. The molecule has 0 aromatic carbocycles. The number of rotatable bonds is 3. The van der Waals surface area contributed by atoms with Gasteiger partial charge in [-0.1, -0.05) is 0 Å². The number of aromatic nitrogens is 2. The van der Waals surface area contributed by atoms with Crippen LogP contribution < -0.4 is 17.0 Å². The smallest absolute Gasteiger partial charge is 0.332 e. The summed E-state index contributed by atoms with van der Waals surface area (Å²) in [5.74, 6) is -0.0973. The summed E-state index contributed by atoms with van der Waals surface area (Å²) in [5.41, 5.74) is 4.06. The highest BCUT2D eigenvalue weighted by Crippen LogP contribution is 2.04. The third kappa shape index (κ3) is 1.67. The molecule has 16 heavy (non-hydrogen) atoms. The number of nitrogen functional groups attached to an aromatic ring is 1. The number of hydrogen-bond donors (Lipinski definition) is 2. The van der Waals surface area contributed by atoms with Gasteiger partial charge in [0.2, 0.25) is 0 Å². The summed E-state index contributed by atoms with van der Waals surface area (Å²) in [4.78, 5) is 33.4. The molecule has 0 aliphatic heterocycles. The molecule has 7 heteroatoms. The van der Waals surface area contributed by atoms with Gasteiger partial charge in [-0.05, 0) is 0 Å². The Morgan fingerprint density at radius 3 is 2.44 bits per heavy atom. The van der Waals surface area contributed by atoms with Gasteiger partial charge in [-0.25, -0.2) is 4.79 Å². The number of aldehydes is 1. The third-order valence-electron chi connectivity index (χ3n) is 2.30. The molecule has 0 unspecified atom stereocenters. The van der Waals surface area contributed by atoms with Crippen molar-refractivity contribution in [3.63, 3.8) is 0 Å². The van der Waals surface area contributed by atoms with Gasteiger partial charge in [0.25, 0.3) is 5.56 Å². The van der Waals surface area contributed by atoms with Crippen molar-refractivity contribution in [3.05, 3.63) is 26.4 Å². The highest BCUT2D eigenvalue weighted by atomic mass is 16.2. The number of nitrogens with one attached hydrogen (secondary N) is 1. The van der Waals surface area contributed by atoms with E-state index in [4.69, 9.17) is 11.1 Å². The van der Waals surface area contributed by atoms with Crippen molar-refractivity contribution in [1.29, 1.82) is 5.41 Å². The van der Waals surface area contributed by atoms with Crippen molar-refractivity contribution in [1.82, 2.24) is 9.13 Å². The molecule has 0 aliphatic rings. The maximum Gasteiger partial charge on any atom is 0.332 e. The van der Waals surface area contributed by atoms with E-state index in [-0.39, 0.29) is 23.5 Å². The Morgan fingerprint density at radius 1 is 1.38 bits per heavy atom. The lowest BCUT2D eigenvalue weighted by atomic mass is 10.1. The standard InChI is InChI=1S/C9H12N4O3/c1-12-7(11)6(5(10)3-4-14)8(15)13(2)9(12)16/h4,10H,3,11H2,1-2H3. The van der Waals surface area contributed by atoms with Crippen LogP contribution in [0.1, 0.15) is 12.0 Å². The normalized spacial score (nSPS) is 10.1. The lowest BCUT2D eigenvalue weighted by Crippen LogP contribution is -2.41. The molecule has 0 radical (unpaired) electrons. The van der Waals surface area contributed by atoms with E-state index in [2.05, 4.69) is 0 Å². The molecule has 7 nitrogen and oxygen atoms in total. The zero-order valence-electron chi connectivity index (χ0n) is 8.98. The van der Waals surface area contributed by atoms with Crippen LogP contribution in [-0.4, -0.2) is 21.1 Å². The number of carbonyl (C=O) groups excluding carboxylic acids is 1. The maximum absolute atomic E-state index is 11.7. The SMILES string of the molecule is Cn1c(N)c(C(=N)CC=O)c(=O)n(C)c1=O. The Kier molecular flexibility index (Phi) is 3.07. The molecular formula is C9H12N4O3. The second-order valence-electron chi connectivity index (χ2n) is 3.32. The van der Waals surface area contributed by atoms with E-state index in [9.17, 15) is 14.4 Å². The van der Waals surface area contributed by atoms with E-state index in [0.717, 1.165) is 9.13 Å². The molecule has 0 bridgehead atoms. The van der Waals surface area contributed by atoms with Crippen LogP contribution in [0.25, 0.3) is 0 Å². The van der Waals surface area contributed by atoms with Gasteiger partial charge in [0.15, 0.2) is 0 Å². The highest BCUT2D eigenvalue weighted by molar-refractivity contribution is 6.07. The largest absolute Gasteiger partial charge is 0.384 e. The van der Waals surface area contributed by atoms with E-state index < -0.39 is 11.2 Å². The van der Waals surface area contributed by atoms with Crippen LogP contribution in [0.2, 0.25) is 0 Å². The summed E-state index contributed by atoms with van der Waals surface area (Å²) >= 11 is 0. The first kappa shape index (κ1) is 11.9. The fourth-order valence-corrected chi connectivity index (χ4v) is 1.33. The number of nitrogens with zero attached hydrogens (tertiary/aromatic N) is 2. The van der Waals surface area contributed by atoms with Gasteiger partial charge in [0.05, 0.1) is 5.71 Å². The third-order valence-corrected chi connectivity index (χ3v) is 2.30. The first-order valence-electron chi connectivity index (χ1n) is 4.48. The summed E-state index contributed by atoms with van der Waals surface area (Å²) in [6, 6.07) is 0. The molecule has 1 heterocycles. The predicted molar refractivity (Wildman–Crippen MR) is 58.8 cm³/mol. The Labute approximate surface area is 90.6 Å². The zero-order chi connectivity index (χ0) is 12.5. The van der Waals surface area contributed by atoms with E-state index in [0.29, 0.717) is 6.29 Å². The van der Waals surface area contributed by atoms with Crippen LogP contribution in [0.5, 0.6) is 0 Å². The zero-order valence-corrected chi connectivity index (χ0v) is 8.98. The number of carbonyl (C=O) groups is 1. The molecule has 1 aromatic rings. The number of anilines is 1. The van der Waals surface area contributed by atoms with Gasteiger partial charge in [-0.15, -0.1) is 0 Å². The maximum atomic E-state index is 11.7. The molecule has 1 rings (SSSR count). The van der Waals surface area contributed by atoms with Crippen molar-refractivity contribution in [2.45, 2.75) is 6.42 Å². The monoisotopic (exact) mass is 224 g/mol. The fourth-order valence-electron chi connectivity index (χ4n) is 1.33. The van der Waals surface area contributed by atoms with Gasteiger partial charge in [0.1, 0.15) is 17.7 Å². The van der Waals surface area contributed by atoms with Crippen LogP contribution in [0, 0.1) is 5.41 Å². The summed E-state index contributed by atoms with van der Waals surface area (Å²) in [6.07, 6.45) is 0.296. The minimum Gasteiger partial charge on any atom is -0.384 e. The molecule has 0 spiro atoms. The summed E-state index contributed by atoms with van der Waals surface area (Å²) in [5, 5.41) is 7.54. The molecule has 0 fully saturated rings. The van der Waals surface area contributed by atoms with Crippen molar-refractivity contribution in [2.24, 2.45) is 14.1 Å². The molecule has 1 aromatic heterocycles. The van der Waals surface area contributed by atoms with Crippen LogP contribution in [0.3, 0.4) is 0 Å². The molecule has 0 aliphatic carbocycles. The Balaban J connectivity index is 3.65. The topological polar surface area (TPSA) is 111 Å². The fraction of sp³-hybridized carbons (Fsp3) is 0.333. The molecule has 0 saturated carbocycles. The van der Waals surface area contributed by atoms with Gasteiger partial charge in [0, 0.05) is 20.5 Å². The first-order valence-corrected chi connectivity index (χ1v) is 4.48. The van der Waals surface area contributed by atoms with Crippen LogP contribution >= 0.6 is 0 Å². The van der Waals surface area contributed by atoms with Crippen molar-refractivity contribution in [3.8, 4) is 0 Å². The van der Waals surface area contributed by atoms with Crippen LogP contribution in [-0.2, 0) is 18.9 Å². The van der Waals surface area contributed by atoms with Crippen molar-refractivity contribution in [2.75, 3.05) is 5.73 Å². The predicted octanol–water partition coefficient (Wildman–Crippen LogP) is -1.38. The van der Waals surface area contributed by atoms with E-state index >= 15 is 0 Å². The van der Waals surface area contributed by atoms with Crippen molar-refractivity contribution < 1.29 is 4.79 Å². The van der Waals surface area contributed by atoms with Crippen molar-refractivity contribution >= 4 is 17.8 Å². The minimum atomic E-state index is -0.660. The van der Waals surface area contributed by atoms with Gasteiger partial charge in [-0.2, -0.15) is 0 Å². The van der Waals surface area contributed by atoms with Gasteiger partial charge in [-0.3, -0.25) is 13.9 Å². The van der Waals surface area contributed by atoms with Gasteiger partial charge >= 0.3 is 5.69 Å². The molecule has 0 saturated heterocycles. The first-order chi connectivity index (χ1) is 7.41. The summed E-state index contributed by atoms with van der Waals surface area (Å²) in [7, 11) is 2.69. The quantitative estimate of drug-likeness (QED) is 0.487. The summed E-state index contributed by atoms with van der Waals surface area (Å²) < 4.78 is 1.92. The van der Waals surface area contributed by atoms with E-state index in [1.807, 2.05) is 0 Å². The summed E-state index contributed by atoms with van der Waals surface area (Å²) in [6.45, 7) is 0. The lowest BCUT2D eigenvalue weighted by molar-refractivity contribution is -0.106. The highest BCUT2D eigenvalue weighted by Gasteiger charge is 2.16. The van der Waals surface area contributed by atoms with Crippen LogP contribution in [0.4, 0.5) is 5.82 Å². The Hall–Kier alpha value is -2.18.